The molecule has 0 saturated carbocycles. The number of nitrogens with two attached hydrogens (primary N) is 1. The third-order valence-corrected chi connectivity index (χ3v) is 3.20. The Balaban J connectivity index is 2.83. The largest absolute Gasteiger partial charge is 0.323 e. The zero-order chi connectivity index (χ0) is 12.4. The van der Waals surface area contributed by atoms with E-state index in [4.69, 9.17) is 17.4 Å². The van der Waals surface area contributed by atoms with Crippen LogP contribution in [-0.4, -0.2) is 4.98 Å². The number of fused-ring (bicyclic) bond motifs is 1. The van der Waals surface area contributed by atoms with Gasteiger partial charge in [0.2, 0.25) is 0 Å². The summed E-state index contributed by atoms with van der Waals surface area (Å²) in [7, 11) is 0. The lowest BCUT2D eigenvalue weighted by atomic mass is 10.0. The van der Waals surface area contributed by atoms with Crippen molar-refractivity contribution in [3.8, 4) is 0 Å². The van der Waals surface area contributed by atoms with Crippen molar-refractivity contribution < 1.29 is 0 Å². The number of aryl methyl sites for hydroxylation is 1. The topological polar surface area (TPSA) is 50.9 Å². The molecule has 0 bridgehead atoms. The number of hydrazine groups is 1. The van der Waals surface area contributed by atoms with Crippen LogP contribution in [0.5, 0.6) is 0 Å². The van der Waals surface area contributed by atoms with E-state index in [1.807, 2.05) is 18.2 Å². The summed E-state index contributed by atoms with van der Waals surface area (Å²) in [5.41, 5.74) is 6.92. The molecule has 0 spiro atoms. The first-order chi connectivity index (χ1) is 8.21. The van der Waals surface area contributed by atoms with Crippen molar-refractivity contribution in [1.29, 1.82) is 0 Å². The summed E-state index contributed by atoms with van der Waals surface area (Å²) in [6.45, 7) is 4.21. The van der Waals surface area contributed by atoms with Crippen LogP contribution in [-0.2, 0) is 12.8 Å². The second kappa shape index (κ2) is 4.90. The van der Waals surface area contributed by atoms with Gasteiger partial charge in [0.05, 0.1) is 11.2 Å². The first kappa shape index (κ1) is 12.1. The normalized spacial score (nSPS) is 10.8. The van der Waals surface area contributed by atoms with E-state index in [1.165, 1.54) is 5.56 Å². The molecule has 4 heteroatoms. The Morgan fingerprint density at radius 3 is 2.65 bits per heavy atom. The lowest BCUT2D eigenvalue weighted by Crippen LogP contribution is -2.12. The van der Waals surface area contributed by atoms with Crippen molar-refractivity contribution in [2.24, 2.45) is 5.84 Å². The highest BCUT2D eigenvalue weighted by Gasteiger charge is 2.12. The molecule has 2 rings (SSSR count). The molecular weight excluding hydrogens is 234 g/mol. The van der Waals surface area contributed by atoms with E-state index in [0.717, 1.165) is 35.1 Å². The number of halogens is 1. The molecule has 3 nitrogen and oxygen atoms in total. The number of rotatable bonds is 3. The van der Waals surface area contributed by atoms with Gasteiger partial charge in [-0.3, -0.25) is 10.8 Å². The number of benzene rings is 1. The molecule has 0 atom stereocenters. The second-order valence-electron chi connectivity index (χ2n) is 3.92. The molecule has 1 aromatic heterocycles. The van der Waals surface area contributed by atoms with Crippen LogP contribution >= 0.6 is 11.6 Å². The summed E-state index contributed by atoms with van der Waals surface area (Å²) >= 11 is 5.99. The van der Waals surface area contributed by atoms with Gasteiger partial charge in [0.25, 0.3) is 0 Å². The number of pyridine rings is 1. The van der Waals surface area contributed by atoms with E-state index in [-0.39, 0.29) is 0 Å². The number of aromatic nitrogens is 1. The van der Waals surface area contributed by atoms with Gasteiger partial charge < -0.3 is 5.43 Å². The molecule has 0 aliphatic carbocycles. The van der Waals surface area contributed by atoms with Gasteiger partial charge in [-0.15, -0.1) is 0 Å². The second-order valence-corrected chi connectivity index (χ2v) is 4.36. The molecule has 1 heterocycles. The molecule has 3 N–H and O–H groups in total. The molecule has 1 aromatic carbocycles. The van der Waals surface area contributed by atoms with Crippen molar-refractivity contribution in [3.05, 3.63) is 34.5 Å². The number of nitrogen functional groups attached to an aromatic ring is 1. The van der Waals surface area contributed by atoms with Crippen LogP contribution in [0, 0.1) is 0 Å². The Hall–Kier alpha value is -1.32. The average Bonchev–Trinajstić information content (AvgIpc) is 2.35. The van der Waals surface area contributed by atoms with Crippen LogP contribution in [0.25, 0.3) is 10.9 Å². The minimum atomic E-state index is 0.694. The van der Waals surface area contributed by atoms with Crippen LogP contribution in [0.2, 0.25) is 5.02 Å². The van der Waals surface area contributed by atoms with Crippen molar-refractivity contribution in [3.63, 3.8) is 0 Å². The SMILES string of the molecule is CCc1nc2cc(Cl)ccc2c(NN)c1CC. The molecule has 0 radical (unpaired) electrons. The van der Waals surface area contributed by atoms with Gasteiger partial charge in [-0.2, -0.15) is 0 Å². The fourth-order valence-electron chi connectivity index (χ4n) is 2.17. The van der Waals surface area contributed by atoms with E-state index < -0.39 is 0 Å². The fourth-order valence-corrected chi connectivity index (χ4v) is 2.33. The summed E-state index contributed by atoms with van der Waals surface area (Å²) in [6.07, 6.45) is 1.80. The maximum absolute atomic E-state index is 5.99. The molecule has 17 heavy (non-hydrogen) atoms. The molecule has 2 aromatic rings. The number of hydrogen-bond donors (Lipinski definition) is 2. The highest BCUT2D eigenvalue weighted by molar-refractivity contribution is 6.31. The first-order valence-corrected chi connectivity index (χ1v) is 6.16. The maximum atomic E-state index is 5.99. The lowest BCUT2D eigenvalue weighted by Gasteiger charge is -2.14. The minimum Gasteiger partial charge on any atom is -0.323 e. The average molecular weight is 250 g/mol. The number of anilines is 1. The highest BCUT2D eigenvalue weighted by atomic mass is 35.5. The minimum absolute atomic E-state index is 0.694. The lowest BCUT2D eigenvalue weighted by molar-refractivity contribution is 0.980. The Labute approximate surface area is 106 Å². The molecular formula is C13H16ClN3. The van der Waals surface area contributed by atoms with Crippen molar-refractivity contribution >= 4 is 28.2 Å². The van der Waals surface area contributed by atoms with Gasteiger partial charge in [-0.25, -0.2) is 0 Å². The highest BCUT2D eigenvalue weighted by Crippen LogP contribution is 2.30. The number of nitrogens with zero attached hydrogens (tertiary/aromatic N) is 1. The molecule has 0 saturated heterocycles. The standard InChI is InChI=1S/C13H16ClN3/c1-3-9-11(4-2)16-12-7-8(14)5-6-10(12)13(9)17-15/h5-7H,3-4,15H2,1-2H3,(H,16,17). The predicted octanol–water partition coefficient (Wildman–Crippen LogP) is 3.30. The summed E-state index contributed by atoms with van der Waals surface area (Å²) in [5, 5.41) is 1.71. The van der Waals surface area contributed by atoms with Gasteiger partial charge in [-0.05, 0) is 36.6 Å². The predicted molar refractivity (Wildman–Crippen MR) is 73.3 cm³/mol. The Morgan fingerprint density at radius 2 is 2.06 bits per heavy atom. The van der Waals surface area contributed by atoms with Gasteiger partial charge >= 0.3 is 0 Å². The van der Waals surface area contributed by atoms with Crippen LogP contribution in [0.15, 0.2) is 18.2 Å². The quantitative estimate of drug-likeness (QED) is 0.648. The first-order valence-electron chi connectivity index (χ1n) is 5.78. The maximum Gasteiger partial charge on any atom is 0.0741 e. The monoisotopic (exact) mass is 249 g/mol. The van der Waals surface area contributed by atoms with Crippen LogP contribution in [0.4, 0.5) is 5.69 Å². The van der Waals surface area contributed by atoms with Gasteiger partial charge in [-0.1, -0.05) is 25.4 Å². The molecule has 0 aliphatic heterocycles. The number of hydrogen-bond acceptors (Lipinski definition) is 3. The van der Waals surface area contributed by atoms with E-state index in [0.29, 0.717) is 5.02 Å². The van der Waals surface area contributed by atoms with E-state index in [2.05, 4.69) is 24.3 Å². The Kier molecular flexibility index (Phi) is 3.50. The van der Waals surface area contributed by atoms with Crippen molar-refractivity contribution in [1.82, 2.24) is 4.98 Å². The Morgan fingerprint density at radius 1 is 1.29 bits per heavy atom. The molecule has 0 amide bonds. The Bertz CT molecular complexity index is 552. The van der Waals surface area contributed by atoms with E-state index in [9.17, 15) is 0 Å². The molecule has 0 aliphatic rings. The van der Waals surface area contributed by atoms with Crippen molar-refractivity contribution in [2.75, 3.05) is 5.43 Å². The van der Waals surface area contributed by atoms with Gasteiger partial charge in [0.1, 0.15) is 0 Å². The molecule has 0 fully saturated rings. The summed E-state index contributed by atoms with van der Waals surface area (Å²) in [4.78, 5) is 4.65. The zero-order valence-corrected chi connectivity index (χ0v) is 10.8. The third-order valence-electron chi connectivity index (χ3n) is 2.97. The molecule has 90 valence electrons. The smallest absolute Gasteiger partial charge is 0.0741 e. The van der Waals surface area contributed by atoms with Crippen LogP contribution < -0.4 is 11.3 Å². The van der Waals surface area contributed by atoms with Gasteiger partial charge in [0, 0.05) is 16.1 Å². The summed E-state index contributed by atoms with van der Waals surface area (Å²) < 4.78 is 0. The number of nitrogens with one attached hydrogen (secondary N) is 1. The summed E-state index contributed by atoms with van der Waals surface area (Å²) in [5.74, 6) is 5.64. The van der Waals surface area contributed by atoms with Crippen LogP contribution in [0.1, 0.15) is 25.1 Å². The van der Waals surface area contributed by atoms with E-state index >= 15 is 0 Å². The third kappa shape index (κ3) is 2.08. The summed E-state index contributed by atoms with van der Waals surface area (Å²) in [6, 6.07) is 5.69. The fraction of sp³-hybridized carbons (Fsp3) is 0.308. The van der Waals surface area contributed by atoms with Crippen LogP contribution in [0.3, 0.4) is 0 Å². The van der Waals surface area contributed by atoms with Crippen molar-refractivity contribution in [2.45, 2.75) is 26.7 Å². The van der Waals surface area contributed by atoms with E-state index in [1.54, 1.807) is 0 Å². The van der Waals surface area contributed by atoms with Gasteiger partial charge in [0.15, 0.2) is 0 Å². The molecule has 0 unspecified atom stereocenters. The zero-order valence-electron chi connectivity index (χ0n) is 10.0.